The number of amides is 2. The molecule has 0 saturated heterocycles. The molecule has 0 spiro atoms. The second kappa shape index (κ2) is 6.44. The van der Waals surface area contributed by atoms with E-state index in [-0.39, 0.29) is 10.9 Å². The fourth-order valence-electron chi connectivity index (χ4n) is 2.34. The first kappa shape index (κ1) is 15.8. The molecule has 1 aromatic rings. The maximum absolute atomic E-state index is 12.0. The molecule has 2 N–H and O–H groups in total. The van der Waals surface area contributed by atoms with Crippen molar-refractivity contribution < 1.29 is 13.2 Å². The van der Waals surface area contributed by atoms with E-state index in [9.17, 15) is 13.2 Å². The molecule has 2 rings (SSSR count). The topological polar surface area (TPSA) is 78.5 Å². The summed E-state index contributed by atoms with van der Waals surface area (Å²) in [5, 5.41) is 2.85. The number of urea groups is 1. The molecule has 0 atom stereocenters. The zero-order valence-electron chi connectivity index (χ0n) is 12.3. The largest absolute Gasteiger partial charge is 0.338 e. The molecule has 0 fully saturated rings. The highest BCUT2D eigenvalue weighted by Gasteiger charge is 2.22. The normalized spacial score (nSPS) is 14.7. The van der Waals surface area contributed by atoms with Crippen LogP contribution in [0.25, 0.3) is 0 Å². The van der Waals surface area contributed by atoms with E-state index in [2.05, 4.69) is 10.0 Å². The summed E-state index contributed by atoms with van der Waals surface area (Å²) in [7, 11) is -2.06. The predicted octanol–water partition coefficient (Wildman–Crippen LogP) is 1.07. The van der Waals surface area contributed by atoms with Gasteiger partial charge < -0.3 is 10.2 Å². The molecule has 1 aliphatic rings. The second-order valence-corrected chi connectivity index (χ2v) is 6.93. The number of rotatable bonds is 4. The van der Waals surface area contributed by atoms with Crippen LogP contribution < -0.4 is 10.0 Å². The van der Waals surface area contributed by atoms with Crippen LogP contribution in [0.5, 0.6) is 0 Å². The van der Waals surface area contributed by atoms with Crippen LogP contribution in [0.15, 0.2) is 23.1 Å². The van der Waals surface area contributed by atoms with Crippen LogP contribution in [-0.4, -0.2) is 39.5 Å². The SMILES string of the molecule is CCCNC(=O)N1CCc2ccc(S(=O)(=O)NC)cc2C1. The molecule has 1 aromatic carbocycles. The van der Waals surface area contributed by atoms with Gasteiger partial charge in [0.05, 0.1) is 4.90 Å². The van der Waals surface area contributed by atoms with Gasteiger partial charge in [0.25, 0.3) is 0 Å². The van der Waals surface area contributed by atoms with Gasteiger partial charge in [-0.25, -0.2) is 17.9 Å². The van der Waals surface area contributed by atoms with Gasteiger partial charge in [-0.1, -0.05) is 13.0 Å². The number of sulfonamides is 1. The van der Waals surface area contributed by atoms with Crippen LogP contribution in [0.3, 0.4) is 0 Å². The average Bonchev–Trinajstić information content (AvgIpc) is 2.51. The molecule has 0 bridgehead atoms. The van der Waals surface area contributed by atoms with Gasteiger partial charge >= 0.3 is 6.03 Å². The summed E-state index contributed by atoms with van der Waals surface area (Å²) >= 11 is 0. The van der Waals surface area contributed by atoms with Crippen LogP contribution >= 0.6 is 0 Å². The number of benzene rings is 1. The molecule has 0 unspecified atom stereocenters. The summed E-state index contributed by atoms with van der Waals surface area (Å²) < 4.78 is 26.0. The first-order valence-corrected chi connectivity index (χ1v) is 8.54. The van der Waals surface area contributed by atoms with Crippen LogP contribution in [-0.2, 0) is 23.0 Å². The van der Waals surface area contributed by atoms with E-state index in [1.807, 2.05) is 13.0 Å². The van der Waals surface area contributed by atoms with E-state index in [1.54, 1.807) is 17.0 Å². The molecule has 0 aromatic heterocycles. The lowest BCUT2D eigenvalue weighted by Crippen LogP contribution is -2.43. The van der Waals surface area contributed by atoms with Gasteiger partial charge in [0, 0.05) is 19.6 Å². The van der Waals surface area contributed by atoms with Crippen molar-refractivity contribution in [3.63, 3.8) is 0 Å². The summed E-state index contributed by atoms with van der Waals surface area (Å²) in [6.45, 7) is 3.75. The van der Waals surface area contributed by atoms with Gasteiger partial charge in [-0.15, -0.1) is 0 Å². The Bertz CT molecular complexity index is 628. The molecule has 0 saturated carbocycles. The van der Waals surface area contributed by atoms with Crippen molar-refractivity contribution in [1.82, 2.24) is 14.9 Å². The fraction of sp³-hybridized carbons (Fsp3) is 0.500. The molecule has 21 heavy (non-hydrogen) atoms. The molecular weight excluding hydrogens is 290 g/mol. The maximum Gasteiger partial charge on any atom is 0.317 e. The van der Waals surface area contributed by atoms with E-state index in [0.29, 0.717) is 19.6 Å². The highest BCUT2D eigenvalue weighted by Crippen LogP contribution is 2.22. The summed E-state index contributed by atoms with van der Waals surface area (Å²) in [5.74, 6) is 0. The van der Waals surface area contributed by atoms with E-state index >= 15 is 0 Å². The van der Waals surface area contributed by atoms with Crippen molar-refractivity contribution in [2.24, 2.45) is 0 Å². The average molecular weight is 311 g/mol. The number of nitrogens with zero attached hydrogens (tertiary/aromatic N) is 1. The van der Waals surface area contributed by atoms with Gasteiger partial charge in [0.1, 0.15) is 0 Å². The van der Waals surface area contributed by atoms with Crippen molar-refractivity contribution in [2.45, 2.75) is 31.2 Å². The Morgan fingerprint density at radius 1 is 1.33 bits per heavy atom. The third-order valence-corrected chi connectivity index (χ3v) is 4.99. The summed E-state index contributed by atoms with van der Waals surface area (Å²) in [6, 6.07) is 5.00. The minimum absolute atomic E-state index is 0.0932. The molecule has 7 heteroatoms. The van der Waals surface area contributed by atoms with Crippen molar-refractivity contribution >= 4 is 16.1 Å². The number of carbonyl (C=O) groups excluding carboxylic acids is 1. The molecule has 0 radical (unpaired) electrons. The van der Waals surface area contributed by atoms with Gasteiger partial charge in [0.2, 0.25) is 10.0 Å². The second-order valence-electron chi connectivity index (χ2n) is 5.04. The van der Waals surface area contributed by atoms with E-state index in [4.69, 9.17) is 0 Å². The molecule has 116 valence electrons. The highest BCUT2D eigenvalue weighted by molar-refractivity contribution is 7.89. The van der Waals surface area contributed by atoms with E-state index in [1.165, 1.54) is 7.05 Å². The van der Waals surface area contributed by atoms with Crippen LogP contribution in [0.2, 0.25) is 0 Å². The van der Waals surface area contributed by atoms with Gasteiger partial charge in [-0.2, -0.15) is 0 Å². The first-order chi connectivity index (χ1) is 9.97. The summed E-state index contributed by atoms with van der Waals surface area (Å²) in [5.41, 5.74) is 1.99. The van der Waals surface area contributed by atoms with Crippen LogP contribution in [0, 0.1) is 0 Å². The summed E-state index contributed by atoms with van der Waals surface area (Å²) in [4.78, 5) is 13.9. The lowest BCUT2D eigenvalue weighted by molar-refractivity contribution is 0.192. The molecule has 6 nitrogen and oxygen atoms in total. The van der Waals surface area contributed by atoms with Crippen molar-refractivity contribution in [1.29, 1.82) is 0 Å². The van der Waals surface area contributed by atoms with Gasteiger partial charge in [-0.3, -0.25) is 0 Å². The van der Waals surface area contributed by atoms with Crippen molar-refractivity contribution in [3.8, 4) is 0 Å². The minimum atomic E-state index is -3.45. The van der Waals surface area contributed by atoms with Crippen LogP contribution in [0.1, 0.15) is 24.5 Å². The Kier molecular flexibility index (Phi) is 4.84. The zero-order valence-corrected chi connectivity index (χ0v) is 13.2. The zero-order chi connectivity index (χ0) is 15.5. The Morgan fingerprint density at radius 3 is 2.76 bits per heavy atom. The number of fused-ring (bicyclic) bond motifs is 1. The highest BCUT2D eigenvalue weighted by atomic mass is 32.2. The first-order valence-electron chi connectivity index (χ1n) is 7.06. The third kappa shape index (κ3) is 3.54. The van der Waals surface area contributed by atoms with Crippen LogP contribution in [0.4, 0.5) is 4.79 Å². The van der Waals surface area contributed by atoms with Crippen molar-refractivity contribution in [2.75, 3.05) is 20.1 Å². The minimum Gasteiger partial charge on any atom is -0.338 e. The smallest absolute Gasteiger partial charge is 0.317 e. The predicted molar refractivity (Wildman–Crippen MR) is 80.5 cm³/mol. The van der Waals surface area contributed by atoms with E-state index < -0.39 is 10.0 Å². The molecular formula is C14H21N3O3S. The van der Waals surface area contributed by atoms with E-state index in [0.717, 1.165) is 24.0 Å². The van der Waals surface area contributed by atoms with Crippen molar-refractivity contribution in [3.05, 3.63) is 29.3 Å². The Balaban J connectivity index is 2.19. The Hall–Kier alpha value is -1.60. The standard InChI is InChI=1S/C14H21N3O3S/c1-3-7-16-14(18)17-8-6-11-4-5-13(9-12(11)10-17)21(19,20)15-2/h4-5,9,15H,3,6-8,10H2,1-2H3,(H,16,18). The lowest BCUT2D eigenvalue weighted by Gasteiger charge is -2.29. The Labute approximate surface area is 125 Å². The van der Waals surface area contributed by atoms with Gasteiger partial charge in [0.15, 0.2) is 0 Å². The fourth-order valence-corrected chi connectivity index (χ4v) is 3.12. The molecule has 2 amide bonds. The van der Waals surface area contributed by atoms with Gasteiger partial charge in [-0.05, 0) is 43.1 Å². The quantitative estimate of drug-likeness (QED) is 0.873. The number of nitrogens with one attached hydrogen (secondary N) is 2. The lowest BCUT2D eigenvalue weighted by atomic mass is 10.0. The number of hydrogen-bond donors (Lipinski definition) is 2. The Morgan fingerprint density at radius 2 is 2.10 bits per heavy atom. The number of hydrogen-bond acceptors (Lipinski definition) is 3. The number of carbonyl (C=O) groups is 1. The summed E-state index contributed by atoms with van der Waals surface area (Å²) in [6.07, 6.45) is 1.63. The maximum atomic E-state index is 12.0. The molecule has 1 aliphatic heterocycles. The molecule has 0 aliphatic carbocycles. The third-order valence-electron chi connectivity index (χ3n) is 3.58. The monoisotopic (exact) mass is 311 g/mol. The molecule has 1 heterocycles.